The van der Waals surface area contributed by atoms with Crippen molar-refractivity contribution in [2.75, 3.05) is 31.2 Å². The first-order valence-corrected chi connectivity index (χ1v) is 11.9. The summed E-state index contributed by atoms with van der Waals surface area (Å²) < 4.78 is 35.2. The highest BCUT2D eigenvalue weighted by Crippen LogP contribution is 2.40. The van der Waals surface area contributed by atoms with E-state index in [1.165, 1.54) is 36.5 Å². The number of hydrogen-bond donors (Lipinski definition) is 3. The van der Waals surface area contributed by atoms with Gasteiger partial charge in [0, 0.05) is 18.3 Å². The van der Waals surface area contributed by atoms with Crippen LogP contribution in [0.5, 0.6) is 5.75 Å². The predicted octanol–water partition coefficient (Wildman–Crippen LogP) is 3.75. The lowest BCUT2D eigenvalue weighted by Crippen LogP contribution is -2.33. The number of carbonyl (C=O) groups is 2. The van der Waals surface area contributed by atoms with Gasteiger partial charge in [-0.3, -0.25) is 9.59 Å². The minimum absolute atomic E-state index is 0.000662. The van der Waals surface area contributed by atoms with E-state index >= 15 is 0 Å². The minimum atomic E-state index is -0.711. The van der Waals surface area contributed by atoms with E-state index in [0.717, 1.165) is 24.5 Å². The van der Waals surface area contributed by atoms with E-state index in [1.807, 2.05) is 0 Å². The summed E-state index contributed by atoms with van der Waals surface area (Å²) in [6, 6.07) is 6.91. The molecule has 3 aromatic rings. The van der Waals surface area contributed by atoms with E-state index in [-0.39, 0.29) is 52.9 Å². The lowest BCUT2D eigenvalue weighted by atomic mass is 10.0. The third-order valence-electron chi connectivity index (χ3n) is 6.29. The molecule has 1 aromatic heterocycles. The first kappa shape index (κ1) is 26.5. The average molecular weight is 523 g/mol. The summed E-state index contributed by atoms with van der Waals surface area (Å²) in [5.74, 6) is -2.05. The fourth-order valence-electron chi connectivity index (χ4n) is 3.98. The third-order valence-corrected chi connectivity index (χ3v) is 6.29. The number of aromatic nitrogens is 2. The first-order chi connectivity index (χ1) is 18.1. The summed E-state index contributed by atoms with van der Waals surface area (Å²) in [6.45, 7) is 5.22. The number of hydrogen-bond acceptors (Lipinski definition) is 7. The molecule has 0 atom stereocenters. The van der Waals surface area contributed by atoms with E-state index in [4.69, 9.17) is 16.2 Å². The molecular weight excluding hydrogens is 494 g/mol. The molecular formula is C27H28F2N6O3. The van der Waals surface area contributed by atoms with Gasteiger partial charge in [-0.1, -0.05) is 12.6 Å². The molecule has 1 fully saturated rings. The number of carbonyl (C=O) groups excluding carboxylic acids is 2. The van der Waals surface area contributed by atoms with E-state index in [0.29, 0.717) is 11.5 Å². The van der Waals surface area contributed by atoms with Gasteiger partial charge in [0.1, 0.15) is 30.3 Å². The fourth-order valence-corrected chi connectivity index (χ4v) is 3.98. The van der Waals surface area contributed by atoms with Gasteiger partial charge in [-0.05, 0) is 61.1 Å². The van der Waals surface area contributed by atoms with E-state index in [9.17, 15) is 18.4 Å². The Kier molecular flexibility index (Phi) is 7.56. The number of nitrogen functional groups attached to an aromatic ring is 1. The van der Waals surface area contributed by atoms with Crippen molar-refractivity contribution in [2.45, 2.75) is 25.7 Å². The van der Waals surface area contributed by atoms with Crippen molar-refractivity contribution in [3.8, 4) is 17.0 Å². The first-order valence-electron chi connectivity index (χ1n) is 11.9. The highest BCUT2D eigenvalue weighted by atomic mass is 19.1. The van der Waals surface area contributed by atoms with Gasteiger partial charge in [0.25, 0.3) is 11.8 Å². The molecule has 198 valence electrons. The van der Waals surface area contributed by atoms with Gasteiger partial charge >= 0.3 is 0 Å². The summed E-state index contributed by atoms with van der Waals surface area (Å²) in [4.78, 5) is 34.3. The Morgan fingerprint density at radius 2 is 1.95 bits per heavy atom. The van der Waals surface area contributed by atoms with Crippen LogP contribution in [0.3, 0.4) is 0 Å². The van der Waals surface area contributed by atoms with Crippen molar-refractivity contribution in [1.82, 2.24) is 14.9 Å². The van der Waals surface area contributed by atoms with Crippen LogP contribution < -0.4 is 21.5 Å². The number of nitrogens with zero attached hydrogens (tertiary/aromatic N) is 3. The van der Waals surface area contributed by atoms with Crippen molar-refractivity contribution in [2.24, 2.45) is 5.73 Å². The molecule has 1 heterocycles. The molecule has 9 nitrogen and oxygen atoms in total. The Morgan fingerprint density at radius 3 is 2.61 bits per heavy atom. The lowest BCUT2D eigenvalue weighted by molar-refractivity contribution is -0.126. The van der Waals surface area contributed by atoms with Crippen molar-refractivity contribution < 1.29 is 23.1 Å². The van der Waals surface area contributed by atoms with Gasteiger partial charge in [0.15, 0.2) is 11.6 Å². The van der Waals surface area contributed by atoms with Crippen molar-refractivity contribution in [1.29, 1.82) is 0 Å². The van der Waals surface area contributed by atoms with Crippen LogP contribution >= 0.6 is 0 Å². The maximum atomic E-state index is 14.7. The Morgan fingerprint density at radius 1 is 1.21 bits per heavy atom. The SMILES string of the molecule is C=C(N)C(=O)N(C)CCOc1c(N)ncnc1-c1cc(F)cc(NC(=O)c2ccc(C3CC3)cc2F)c1C. The van der Waals surface area contributed by atoms with Crippen LogP contribution in [-0.4, -0.2) is 46.9 Å². The Labute approximate surface area is 218 Å². The van der Waals surface area contributed by atoms with Crippen molar-refractivity contribution in [3.05, 3.63) is 77.3 Å². The van der Waals surface area contributed by atoms with Gasteiger partial charge in [-0.15, -0.1) is 0 Å². The van der Waals surface area contributed by atoms with Crippen molar-refractivity contribution >= 4 is 23.3 Å². The van der Waals surface area contributed by atoms with Crippen LogP contribution in [0.15, 0.2) is 48.9 Å². The zero-order valence-electron chi connectivity index (χ0n) is 21.1. The van der Waals surface area contributed by atoms with Gasteiger partial charge in [-0.2, -0.15) is 0 Å². The molecule has 0 aliphatic heterocycles. The summed E-state index contributed by atoms with van der Waals surface area (Å²) in [7, 11) is 1.53. The molecule has 0 bridgehead atoms. The second-order valence-corrected chi connectivity index (χ2v) is 9.13. The largest absolute Gasteiger partial charge is 0.486 e. The predicted molar refractivity (Wildman–Crippen MR) is 139 cm³/mol. The molecule has 0 radical (unpaired) electrons. The normalized spacial score (nSPS) is 12.6. The number of halogens is 2. The highest BCUT2D eigenvalue weighted by Gasteiger charge is 2.25. The number of anilines is 2. The quantitative estimate of drug-likeness (QED) is 0.364. The molecule has 4 rings (SSSR count). The maximum absolute atomic E-state index is 14.7. The topological polar surface area (TPSA) is 136 Å². The number of ether oxygens (including phenoxy) is 1. The Hall–Kier alpha value is -4.54. The molecule has 2 amide bonds. The van der Waals surface area contributed by atoms with Crippen molar-refractivity contribution in [3.63, 3.8) is 0 Å². The molecule has 2 aromatic carbocycles. The highest BCUT2D eigenvalue weighted by molar-refractivity contribution is 6.05. The number of rotatable bonds is 9. The van der Waals surface area contributed by atoms with Gasteiger partial charge < -0.3 is 26.4 Å². The summed E-state index contributed by atoms with van der Waals surface area (Å²) >= 11 is 0. The standard InChI is InChI=1S/C27H28F2N6O3/c1-14-20(23-24(25(31)33-13-32-23)38-9-8-35(3)27(37)15(2)30)11-18(28)12-22(14)34-26(36)19-7-6-17(10-21(19)29)16-4-5-16/h6-7,10-13,16H,2,4-5,8-9,30H2,1,3H3,(H,34,36)(H2,31,32,33). The molecule has 1 aliphatic carbocycles. The fraction of sp³-hybridized carbons (Fsp3) is 0.259. The minimum Gasteiger partial charge on any atom is -0.486 e. The second-order valence-electron chi connectivity index (χ2n) is 9.13. The molecule has 0 unspecified atom stereocenters. The van der Waals surface area contributed by atoms with E-state index < -0.39 is 23.4 Å². The lowest BCUT2D eigenvalue weighted by Gasteiger charge is -2.19. The van der Waals surface area contributed by atoms with Crippen LogP contribution in [0, 0.1) is 18.6 Å². The molecule has 0 spiro atoms. The molecule has 0 saturated heterocycles. The zero-order chi connectivity index (χ0) is 27.6. The summed E-state index contributed by atoms with van der Waals surface area (Å²) in [5.41, 5.74) is 13.1. The van der Waals surface area contributed by atoms with E-state index in [1.54, 1.807) is 13.0 Å². The molecule has 1 saturated carbocycles. The smallest absolute Gasteiger partial charge is 0.268 e. The van der Waals surface area contributed by atoms with Crippen LogP contribution in [0.2, 0.25) is 0 Å². The van der Waals surface area contributed by atoms with Crippen LogP contribution in [-0.2, 0) is 4.79 Å². The monoisotopic (exact) mass is 522 g/mol. The maximum Gasteiger partial charge on any atom is 0.268 e. The number of benzene rings is 2. The van der Waals surface area contributed by atoms with E-state index in [2.05, 4.69) is 21.9 Å². The third kappa shape index (κ3) is 5.72. The van der Waals surface area contributed by atoms with Gasteiger partial charge in [0.05, 0.1) is 17.8 Å². The van der Waals surface area contributed by atoms with Gasteiger partial charge in [-0.25, -0.2) is 18.7 Å². The van der Waals surface area contributed by atoms with Gasteiger partial charge in [0.2, 0.25) is 0 Å². The number of amides is 2. The number of nitrogens with one attached hydrogen (secondary N) is 1. The van der Waals surface area contributed by atoms with Crippen LogP contribution in [0.4, 0.5) is 20.3 Å². The Balaban J connectivity index is 1.59. The molecule has 5 N–H and O–H groups in total. The molecule has 38 heavy (non-hydrogen) atoms. The second kappa shape index (κ2) is 10.8. The summed E-state index contributed by atoms with van der Waals surface area (Å²) in [5, 5.41) is 2.60. The zero-order valence-corrected chi connectivity index (χ0v) is 21.1. The molecule has 11 heteroatoms. The van der Waals surface area contributed by atoms with Crippen LogP contribution in [0.1, 0.15) is 40.2 Å². The number of likely N-dealkylation sites (N-methyl/N-ethyl adjacent to an activating group) is 1. The summed E-state index contributed by atoms with van der Waals surface area (Å²) in [6.07, 6.45) is 3.21. The molecule has 1 aliphatic rings. The Bertz CT molecular complexity index is 1420. The average Bonchev–Trinajstić information content (AvgIpc) is 3.72. The number of nitrogens with two attached hydrogens (primary N) is 2. The van der Waals surface area contributed by atoms with Crippen LogP contribution in [0.25, 0.3) is 11.3 Å².